The zero-order valence-electron chi connectivity index (χ0n) is 17.2. The maximum atomic E-state index is 12.1. The summed E-state index contributed by atoms with van der Waals surface area (Å²) in [5.74, 6) is 0.542. The molecular formula is C20H38N4O3. The Morgan fingerprint density at radius 2 is 1.89 bits per heavy atom. The molecule has 0 aromatic rings. The topological polar surface area (TPSA) is 84.9 Å². The fourth-order valence-electron chi connectivity index (χ4n) is 4.01. The van der Waals surface area contributed by atoms with Crippen molar-refractivity contribution in [2.45, 2.75) is 65.0 Å². The number of carbonyl (C=O) groups excluding carboxylic acids is 1. The van der Waals surface area contributed by atoms with Gasteiger partial charge in [0, 0.05) is 18.6 Å². The number of hydrogen-bond acceptors (Lipinski definition) is 4. The zero-order valence-corrected chi connectivity index (χ0v) is 17.2. The number of likely N-dealkylation sites (N-methyl/N-ethyl adjacent to an activating group) is 1. The molecule has 0 unspecified atom stereocenters. The Labute approximate surface area is 163 Å². The smallest absolute Gasteiger partial charge is 0.317 e. The summed E-state index contributed by atoms with van der Waals surface area (Å²) in [6.07, 6.45) is 5.25. The Hall–Kier alpha value is -1.34. The minimum Gasteiger partial charge on any atom is -0.480 e. The van der Waals surface area contributed by atoms with E-state index in [4.69, 9.17) is 5.11 Å². The number of amides is 2. The van der Waals surface area contributed by atoms with Crippen LogP contribution in [0.2, 0.25) is 0 Å². The van der Waals surface area contributed by atoms with Gasteiger partial charge in [-0.3, -0.25) is 9.69 Å². The Balaban J connectivity index is 1.55. The molecule has 1 aliphatic heterocycles. The van der Waals surface area contributed by atoms with Crippen LogP contribution >= 0.6 is 0 Å². The standard InChI is InChI=1S/C20H38N4O3/c1-4-24(14-19(25)26)18-11-17(12-18)22-20(27)21-13-16-6-9-23(10-7-16)8-5-15(2)3/h15-18H,4-14H2,1-3H3,(H,25,26)(H2,21,22,27). The highest BCUT2D eigenvalue weighted by Crippen LogP contribution is 2.25. The van der Waals surface area contributed by atoms with Gasteiger partial charge in [0.1, 0.15) is 0 Å². The fourth-order valence-corrected chi connectivity index (χ4v) is 4.01. The highest BCUT2D eigenvalue weighted by Gasteiger charge is 2.34. The third-order valence-electron chi connectivity index (χ3n) is 5.99. The molecule has 7 nitrogen and oxygen atoms in total. The van der Waals surface area contributed by atoms with Gasteiger partial charge in [-0.15, -0.1) is 0 Å². The van der Waals surface area contributed by atoms with Gasteiger partial charge in [-0.05, 0) is 70.1 Å². The lowest BCUT2D eigenvalue weighted by atomic mass is 9.85. The number of carboxylic acid groups (broad SMARTS) is 1. The van der Waals surface area contributed by atoms with Crippen molar-refractivity contribution >= 4 is 12.0 Å². The molecule has 0 atom stereocenters. The number of piperidine rings is 1. The van der Waals surface area contributed by atoms with E-state index in [1.807, 2.05) is 11.8 Å². The van der Waals surface area contributed by atoms with Crippen LogP contribution in [0, 0.1) is 11.8 Å². The molecule has 0 aromatic carbocycles. The fraction of sp³-hybridized carbons (Fsp3) is 0.900. The first kappa shape index (κ1) is 22.0. The van der Waals surface area contributed by atoms with Gasteiger partial charge in [-0.2, -0.15) is 0 Å². The first-order valence-electron chi connectivity index (χ1n) is 10.6. The number of carbonyl (C=O) groups is 2. The van der Waals surface area contributed by atoms with Gasteiger partial charge in [0.25, 0.3) is 0 Å². The van der Waals surface area contributed by atoms with Gasteiger partial charge in [-0.25, -0.2) is 4.79 Å². The van der Waals surface area contributed by atoms with Crippen molar-refractivity contribution in [3.63, 3.8) is 0 Å². The van der Waals surface area contributed by atoms with Gasteiger partial charge < -0.3 is 20.6 Å². The quantitative estimate of drug-likeness (QED) is 0.538. The van der Waals surface area contributed by atoms with Gasteiger partial charge >= 0.3 is 12.0 Å². The van der Waals surface area contributed by atoms with Crippen LogP contribution in [0.3, 0.4) is 0 Å². The normalized spacial score (nSPS) is 24.0. The highest BCUT2D eigenvalue weighted by atomic mass is 16.4. The number of urea groups is 1. The third kappa shape index (κ3) is 7.66. The summed E-state index contributed by atoms with van der Waals surface area (Å²) in [6.45, 7) is 11.5. The Kier molecular flexibility index (Phi) is 8.83. The van der Waals surface area contributed by atoms with Crippen LogP contribution in [0.25, 0.3) is 0 Å². The van der Waals surface area contributed by atoms with E-state index in [2.05, 4.69) is 29.4 Å². The van der Waals surface area contributed by atoms with Gasteiger partial charge in [0.2, 0.25) is 0 Å². The SMILES string of the molecule is CCN(CC(=O)O)C1CC(NC(=O)NCC2CCN(CCC(C)C)CC2)C1. The Bertz CT molecular complexity index is 472. The second-order valence-electron chi connectivity index (χ2n) is 8.60. The predicted octanol–water partition coefficient (Wildman–Crippen LogP) is 1.98. The van der Waals surface area contributed by atoms with Crippen LogP contribution < -0.4 is 10.6 Å². The summed E-state index contributed by atoms with van der Waals surface area (Å²) < 4.78 is 0. The molecule has 0 aromatic heterocycles. The van der Waals surface area contributed by atoms with Gasteiger partial charge in [0.15, 0.2) is 0 Å². The number of rotatable bonds is 10. The van der Waals surface area contributed by atoms with Crippen LogP contribution in [0.1, 0.15) is 52.9 Å². The summed E-state index contributed by atoms with van der Waals surface area (Å²) in [5.41, 5.74) is 0. The number of carboxylic acids is 1. The van der Waals surface area contributed by atoms with E-state index in [0.717, 1.165) is 57.8 Å². The first-order chi connectivity index (χ1) is 12.9. The summed E-state index contributed by atoms with van der Waals surface area (Å²) in [7, 11) is 0. The molecular weight excluding hydrogens is 344 g/mol. The third-order valence-corrected chi connectivity index (χ3v) is 5.99. The summed E-state index contributed by atoms with van der Waals surface area (Å²) in [5, 5.41) is 15.0. The maximum absolute atomic E-state index is 12.1. The molecule has 3 N–H and O–H groups in total. The first-order valence-corrected chi connectivity index (χ1v) is 10.6. The summed E-state index contributed by atoms with van der Waals surface area (Å²) >= 11 is 0. The average molecular weight is 383 g/mol. The molecule has 2 rings (SSSR count). The van der Waals surface area contributed by atoms with Crippen molar-refractivity contribution in [3.05, 3.63) is 0 Å². The lowest BCUT2D eigenvalue weighted by molar-refractivity contribution is -0.139. The molecule has 1 saturated carbocycles. The number of hydrogen-bond donors (Lipinski definition) is 3. The predicted molar refractivity (Wildman–Crippen MR) is 107 cm³/mol. The molecule has 1 aliphatic carbocycles. The Morgan fingerprint density at radius 3 is 2.44 bits per heavy atom. The van der Waals surface area contributed by atoms with E-state index < -0.39 is 5.97 Å². The summed E-state index contributed by atoms with van der Waals surface area (Å²) in [6, 6.07) is 0.351. The van der Waals surface area contributed by atoms with Crippen LogP contribution in [0.4, 0.5) is 4.79 Å². The van der Waals surface area contributed by atoms with E-state index in [0.29, 0.717) is 5.92 Å². The lowest BCUT2D eigenvalue weighted by Crippen LogP contribution is -2.56. The number of nitrogens with zero attached hydrogens (tertiary/aromatic N) is 2. The minimum absolute atomic E-state index is 0.0793. The molecule has 0 bridgehead atoms. The molecule has 27 heavy (non-hydrogen) atoms. The lowest BCUT2D eigenvalue weighted by Gasteiger charge is -2.42. The second kappa shape index (κ2) is 10.9. The molecule has 0 spiro atoms. The van der Waals surface area contributed by atoms with E-state index >= 15 is 0 Å². The number of aliphatic carboxylic acids is 1. The number of likely N-dealkylation sites (tertiary alicyclic amines) is 1. The van der Waals surface area contributed by atoms with Crippen LogP contribution in [-0.2, 0) is 4.79 Å². The summed E-state index contributed by atoms with van der Waals surface area (Å²) in [4.78, 5) is 27.5. The van der Waals surface area contributed by atoms with Crippen molar-refractivity contribution in [2.24, 2.45) is 11.8 Å². The zero-order chi connectivity index (χ0) is 19.8. The maximum Gasteiger partial charge on any atom is 0.317 e. The van der Waals surface area contributed by atoms with E-state index in [1.54, 1.807) is 0 Å². The van der Waals surface area contributed by atoms with Crippen LogP contribution in [0.5, 0.6) is 0 Å². The van der Waals surface area contributed by atoms with Crippen molar-refractivity contribution in [3.8, 4) is 0 Å². The average Bonchev–Trinajstić information content (AvgIpc) is 2.59. The van der Waals surface area contributed by atoms with Gasteiger partial charge in [0.05, 0.1) is 6.54 Å². The molecule has 7 heteroatoms. The monoisotopic (exact) mass is 382 g/mol. The molecule has 1 heterocycles. The van der Waals surface area contributed by atoms with Crippen LogP contribution in [-0.4, -0.2) is 78.3 Å². The molecule has 2 amide bonds. The van der Waals surface area contributed by atoms with Crippen molar-refractivity contribution in [1.82, 2.24) is 20.4 Å². The van der Waals surface area contributed by atoms with Crippen LogP contribution in [0.15, 0.2) is 0 Å². The molecule has 2 fully saturated rings. The molecule has 2 aliphatic rings. The largest absolute Gasteiger partial charge is 0.480 e. The minimum atomic E-state index is -0.791. The Morgan fingerprint density at radius 1 is 1.22 bits per heavy atom. The molecule has 1 saturated heterocycles. The van der Waals surface area contributed by atoms with Crippen molar-refractivity contribution in [1.29, 1.82) is 0 Å². The molecule has 0 radical (unpaired) electrons. The molecule has 156 valence electrons. The van der Waals surface area contributed by atoms with E-state index in [-0.39, 0.29) is 24.7 Å². The van der Waals surface area contributed by atoms with Gasteiger partial charge in [-0.1, -0.05) is 20.8 Å². The second-order valence-corrected chi connectivity index (χ2v) is 8.60. The van der Waals surface area contributed by atoms with E-state index in [1.165, 1.54) is 13.0 Å². The highest BCUT2D eigenvalue weighted by molar-refractivity contribution is 5.74. The van der Waals surface area contributed by atoms with Crippen molar-refractivity contribution < 1.29 is 14.7 Å². The van der Waals surface area contributed by atoms with Crippen molar-refractivity contribution in [2.75, 3.05) is 39.3 Å². The number of nitrogens with one attached hydrogen (secondary N) is 2. The van der Waals surface area contributed by atoms with E-state index in [9.17, 15) is 9.59 Å².